The van der Waals surface area contributed by atoms with Crippen LogP contribution in [-0.4, -0.2) is 40.2 Å². The summed E-state index contributed by atoms with van der Waals surface area (Å²) in [5, 5.41) is 9.80. The number of benzene rings is 1. The first-order valence-corrected chi connectivity index (χ1v) is 11.2. The summed E-state index contributed by atoms with van der Waals surface area (Å²) in [6.07, 6.45) is -0.342. The zero-order chi connectivity index (χ0) is 25.6. The highest BCUT2D eigenvalue weighted by Gasteiger charge is 2.31. The number of rotatable bonds is 9. The summed E-state index contributed by atoms with van der Waals surface area (Å²) in [5.41, 5.74) is 1.44. The molecule has 0 radical (unpaired) electrons. The number of hydrogen-bond acceptors (Lipinski definition) is 5. The normalized spacial score (nSPS) is 14.9. The van der Waals surface area contributed by atoms with Gasteiger partial charge in [0.2, 0.25) is 5.91 Å². The second-order valence-electron chi connectivity index (χ2n) is 8.44. The van der Waals surface area contributed by atoms with Gasteiger partial charge in [0.05, 0.1) is 12.0 Å². The summed E-state index contributed by atoms with van der Waals surface area (Å²) in [7, 11) is 0. The highest BCUT2D eigenvalue weighted by atomic mass is 19.4. The minimum atomic E-state index is -4.56. The average molecular weight is 494 g/mol. The molecule has 0 bridgehead atoms. The lowest BCUT2D eigenvalue weighted by Gasteiger charge is -2.27. The van der Waals surface area contributed by atoms with Crippen molar-refractivity contribution in [1.29, 1.82) is 0 Å². The molecule has 188 valence electrons. The average Bonchev–Trinajstić information content (AvgIpc) is 3.51. The summed E-state index contributed by atoms with van der Waals surface area (Å²) in [5.74, 6) is -2.90. The quantitative estimate of drug-likeness (QED) is 0.393. The van der Waals surface area contributed by atoms with E-state index in [4.69, 9.17) is 9.52 Å². The first-order valence-electron chi connectivity index (χ1n) is 11.2. The molecule has 2 N–H and O–H groups in total. The lowest BCUT2D eigenvalue weighted by molar-refractivity contribution is -0.145. The van der Waals surface area contributed by atoms with Crippen LogP contribution in [0.25, 0.3) is 11.3 Å². The number of nitrogens with zero attached hydrogens (tertiary/aromatic N) is 1. The number of nitrogens with one attached hydrogen (secondary N) is 1. The molecule has 0 saturated heterocycles. The van der Waals surface area contributed by atoms with Gasteiger partial charge >= 0.3 is 18.1 Å². The molecule has 1 aliphatic rings. The van der Waals surface area contributed by atoms with Crippen LogP contribution in [0.2, 0.25) is 0 Å². The monoisotopic (exact) mass is 494 g/mol. The molecule has 0 aliphatic heterocycles. The van der Waals surface area contributed by atoms with Crippen LogP contribution in [0.4, 0.5) is 13.2 Å². The number of aldehydes is 1. The zero-order valence-electron chi connectivity index (χ0n) is 18.7. The van der Waals surface area contributed by atoms with E-state index in [9.17, 15) is 32.3 Å². The summed E-state index contributed by atoms with van der Waals surface area (Å²) in [6.45, 7) is 0. The fourth-order valence-corrected chi connectivity index (χ4v) is 4.08. The van der Waals surface area contributed by atoms with E-state index in [2.05, 4.69) is 5.43 Å². The van der Waals surface area contributed by atoms with Crippen molar-refractivity contribution >= 4 is 24.1 Å². The van der Waals surface area contributed by atoms with E-state index >= 15 is 0 Å². The molecule has 0 unspecified atom stereocenters. The number of amides is 2. The zero-order valence-corrected chi connectivity index (χ0v) is 18.7. The maximum atomic E-state index is 13.0. The van der Waals surface area contributed by atoms with E-state index in [0.717, 1.165) is 37.8 Å². The Morgan fingerprint density at radius 1 is 1.17 bits per heavy atom. The summed E-state index contributed by atoms with van der Waals surface area (Å²) >= 11 is 0. The number of aliphatic carboxylic acids is 1. The van der Waals surface area contributed by atoms with Gasteiger partial charge in [-0.05, 0) is 36.6 Å². The molecule has 2 amide bonds. The molecule has 1 heterocycles. The molecule has 1 aromatic carbocycles. The fraction of sp³-hybridized carbons (Fsp3) is 0.417. The number of carboxylic acids is 1. The SMILES string of the molecule is O=C[C@H](CC(=O)O)N(NC(=O)c1ccc(-c2cccc(C(F)(F)F)c2)o1)C(=O)CCC1CCCC1. The predicted molar refractivity (Wildman–Crippen MR) is 117 cm³/mol. The first-order chi connectivity index (χ1) is 16.6. The maximum absolute atomic E-state index is 13.0. The van der Waals surface area contributed by atoms with Gasteiger partial charge in [0.15, 0.2) is 5.76 Å². The smallest absolute Gasteiger partial charge is 0.416 e. The molecule has 8 nitrogen and oxygen atoms in total. The Bertz CT molecular complexity index is 1080. The number of alkyl halides is 3. The van der Waals surface area contributed by atoms with Crippen molar-refractivity contribution in [2.45, 2.75) is 57.2 Å². The van der Waals surface area contributed by atoms with Gasteiger partial charge in [0, 0.05) is 12.0 Å². The Labute approximate surface area is 199 Å². The molecule has 0 spiro atoms. The standard InChI is InChI=1S/C24H25F3N2O6/c25-24(26,27)17-7-3-6-16(12-17)19-9-10-20(35-19)23(34)28-29(18(14-30)13-22(32)33)21(31)11-8-15-4-1-2-5-15/h3,6-7,9-10,12,14-15,18H,1-2,4-5,8,11,13H2,(H,28,34)(H,32,33)/t18-/m0/s1. The molecule has 1 aromatic heterocycles. The second kappa shape index (κ2) is 11.2. The second-order valence-corrected chi connectivity index (χ2v) is 8.44. The number of halogens is 3. The molecular formula is C24H25F3N2O6. The largest absolute Gasteiger partial charge is 0.481 e. The van der Waals surface area contributed by atoms with E-state index in [1.54, 1.807) is 0 Å². The van der Waals surface area contributed by atoms with Gasteiger partial charge in [-0.2, -0.15) is 13.2 Å². The van der Waals surface area contributed by atoms with E-state index in [1.807, 2.05) is 0 Å². The van der Waals surface area contributed by atoms with Crippen LogP contribution in [0.15, 0.2) is 40.8 Å². The Morgan fingerprint density at radius 3 is 2.51 bits per heavy atom. The van der Waals surface area contributed by atoms with E-state index < -0.39 is 42.0 Å². The van der Waals surface area contributed by atoms with Crippen LogP contribution in [0.5, 0.6) is 0 Å². The summed E-state index contributed by atoms with van der Waals surface area (Å²) in [4.78, 5) is 48.3. The molecule has 35 heavy (non-hydrogen) atoms. The Balaban J connectivity index is 1.76. The minimum Gasteiger partial charge on any atom is -0.481 e. The molecule has 1 saturated carbocycles. The van der Waals surface area contributed by atoms with Gasteiger partial charge in [-0.3, -0.25) is 19.8 Å². The highest BCUT2D eigenvalue weighted by molar-refractivity contribution is 5.94. The number of hydrazine groups is 1. The van der Waals surface area contributed by atoms with Crippen molar-refractivity contribution in [2.75, 3.05) is 0 Å². The van der Waals surface area contributed by atoms with E-state index in [0.29, 0.717) is 17.3 Å². The first kappa shape index (κ1) is 26.0. The van der Waals surface area contributed by atoms with Crippen LogP contribution < -0.4 is 5.43 Å². The predicted octanol–water partition coefficient (Wildman–Crippen LogP) is 4.45. The van der Waals surface area contributed by atoms with Crippen molar-refractivity contribution in [3.8, 4) is 11.3 Å². The van der Waals surface area contributed by atoms with Crippen molar-refractivity contribution in [1.82, 2.24) is 10.4 Å². The van der Waals surface area contributed by atoms with Crippen molar-refractivity contribution in [2.24, 2.45) is 5.92 Å². The van der Waals surface area contributed by atoms with Gasteiger partial charge in [0.25, 0.3) is 0 Å². The lowest BCUT2D eigenvalue weighted by atomic mass is 10.0. The third-order valence-electron chi connectivity index (χ3n) is 5.91. The Morgan fingerprint density at radius 2 is 1.89 bits per heavy atom. The fourth-order valence-electron chi connectivity index (χ4n) is 4.08. The number of hydrogen-bond donors (Lipinski definition) is 2. The maximum Gasteiger partial charge on any atom is 0.416 e. The number of carbonyl (C=O) groups excluding carboxylic acids is 3. The Kier molecular flexibility index (Phi) is 8.31. The topological polar surface area (TPSA) is 117 Å². The van der Waals surface area contributed by atoms with Gasteiger partial charge in [-0.1, -0.05) is 37.8 Å². The van der Waals surface area contributed by atoms with Crippen LogP contribution in [0, 0.1) is 5.92 Å². The van der Waals surface area contributed by atoms with Crippen molar-refractivity contribution < 1.29 is 41.9 Å². The van der Waals surface area contributed by atoms with Crippen LogP contribution in [-0.2, 0) is 20.6 Å². The van der Waals surface area contributed by atoms with Crippen LogP contribution in [0.3, 0.4) is 0 Å². The number of carbonyl (C=O) groups is 4. The summed E-state index contributed by atoms with van der Waals surface area (Å²) in [6, 6.07) is 5.41. The number of carboxylic acid groups (broad SMARTS) is 1. The molecule has 2 aromatic rings. The van der Waals surface area contributed by atoms with Crippen LogP contribution in [0.1, 0.15) is 61.1 Å². The molecule has 1 atom stereocenters. The van der Waals surface area contributed by atoms with E-state index in [1.165, 1.54) is 24.3 Å². The van der Waals surface area contributed by atoms with Crippen molar-refractivity contribution in [3.05, 3.63) is 47.7 Å². The molecule has 11 heteroatoms. The van der Waals surface area contributed by atoms with Crippen molar-refractivity contribution in [3.63, 3.8) is 0 Å². The van der Waals surface area contributed by atoms with Gasteiger partial charge < -0.3 is 14.3 Å². The molecule has 1 aliphatic carbocycles. The third-order valence-corrected chi connectivity index (χ3v) is 5.91. The Hall–Kier alpha value is -3.63. The molecular weight excluding hydrogens is 469 g/mol. The summed E-state index contributed by atoms with van der Waals surface area (Å²) < 4.78 is 44.4. The third kappa shape index (κ3) is 6.93. The number of furan rings is 1. The van der Waals surface area contributed by atoms with Gasteiger partial charge in [-0.25, -0.2) is 5.01 Å². The highest BCUT2D eigenvalue weighted by Crippen LogP contribution is 2.33. The van der Waals surface area contributed by atoms with Crippen LogP contribution >= 0.6 is 0 Å². The van der Waals surface area contributed by atoms with Gasteiger partial charge in [0.1, 0.15) is 18.1 Å². The minimum absolute atomic E-state index is 0.0159. The molecule has 3 rings (SSSR count). The van der Waals surface area contributed by atoms with E-state index in [-0.39, 0.29) is 29.8 Å². The lowest BCUT2D eigenvalue weighted by Crippen LogP contribution is -2.53. The molecule has 1 fully saturated rings. The van der Waals surface area contributed by atoms with Gasteiger partial charge in [-0.15, -0.1) is 0 Å².